The van der Waals surface area contributed by atoms with E-state index < -0.39 is 0 Å². The van der Waals surface area contributed by atoms with Gasteiger partial charge in [-0.3, -0.25) is 0 Å². The maximum absolute atomic E-state index is 6.81. The molecule has 0 unspecified atom stereocenters. The summed E-state index contributed by atoms with van der Waals surface area (Å²) >= 11 is 0. The maximum atomic E-state index is 6.81. The van der Waals surface area contributed by atoms with Gasteiger partial charge >= 0.3 is 0 Å². The van der Waals surface area contributed by atoms with Crippen LogP contribution >= 0.6 is 0 Å². The molecule has 0 saturated carbocycles. The zero-order valence-electron chi connectivity index (χ0n) is 25.3. The van der Waals surface area contributed by atoms with Gasteiger partial charge in [-0.25, -0.2) is 0 Å². The molecule has 11 rings (SSSR count). The molecule has 47 heavy (non-hydrogen) atoms. The van der Waals surface area contributed by atoms with Crippen LogP contribution in [-0.2, 0) is 0 Å². The second-order valence-corrected chi connectivity index (χ2v) is 12.5. The van der Waals surface area contributed by atoms with Gasteiger partial charge in [-0.1, -0.05) is 103 Å². The van der Waals surface area contributed by atoms with Crippen LogP contribution in [0.2, 0.25) is 0 Å². The first-order valence-electron chi connectivity index (χ1n) is 16.1. The fraction of sp³-hybridized carbons (Fsp3) is 0. The Morgan fingerprint density at radius 2 is 0.957 bits per heavy atom. The van der Waals surface area contributed by atoms with Crippen molar-refractivity contribution in [1.82, 2.24) is 9.13 Å². The van der Waals surface area contributed by atoms with Gasteiger partial charge in [0.15, 0.2) is 0 Å². The van der Waals surface area contributed by atoms with Crippen LogP contribution in [0.25, 0.3) is 98.5 Å². The molecule has 0 aliphatic carbocycles. The SMILES string of the molecule is c1ccc2c(c1)cc(-n1c3ccccc3c3c4oc5ccc(-n6c7ccccc7c7ccccc76)cc5c4ccc31)c1ccccc12. The number of nitrogens with zero attached hydrogens (tertiary/aromatic N) is 2. The predicted molar refractivity (Wildman–Crippen MR) is 197 cm³/mol. The molecule has 8 aromatic carbocycles. The molecular formula is C44H26N2O. The Balaban J connectivity index is 1.22. The predicted octanol–water partition coefficient (Wildman–Crippen LogP) is 12.1. The Labute approximate surface area is 269 Å². The summed E-state index contributed by atoms with van der Waals surface area (Å²) in [6.07, 6.45) is 0. The molecule has 218 valence electrons. The van der Waals surface area contributed by atoms with Crippen LogP contribution in [0.3, 0.4) is 0 Å². The molecule has 0 aliphatic heterocycles. The topological polar surface area (TPSA) is 23.0 Å². The van der Waals surface area contributed by atoms with Gasteiger partial charge in [0, 0.05) is 38.0 Å². The Kier molecular flexibility index (Phi) is 4.84. The molecule has 0 fully saturated rings. The summed E-state index contributed by atoms with van der Waals surface area (Å²) in [7, 11) is 0. The fourth-order valence-electron chi connectivity index (χ4n) is 8.09. The van der Waals surface area contributed by atoms with E-state index in [1.165, 1.54) is 59.9 Å². The molecule has 3 heterocycles. The van der Waals surface area contributed by atoms with Gasteiger partial charge in [0.05, 0.1) is 33.1 Å². The van der Waals surface area contributed by atoms with E-state index in [0.29, 0.717) is 0 Å². The van der Waals surface area contributed by atoms with Crippen LogP contribution in [-0.4, -0.2) is 9.13 Å². The molecule has 3 aromatic heterocycles. The number of fused-ring (bicyclic) bond motifs is 13. The number of hydrogen-bond acceptors (Lipinski definition) is 1. The third-order valence-corrected chi connectivity index (χ3v) is 10.1. The van der Waals surface area contributed by atoms with E-state index in [1.54, 1.807) is 0 Å². The van der Waals surface area contributed by atoms with E-state index in [-0.39, 0.29) is 0 Å². The number of rotatable bonds is 2. The third kappa shape index (κ3) is 3.30. The Morgan fingerprint density at radius 1 is 0.362 bits per heavy atom. The summed E-state index contributed by atoms with van der Waals surface area (Å²) in [5, 5.41) is 12.1. The number of hydrogen-bond donors (Lipinski definition) is 0. The van der Waals surface area contributed by atoms with E-state index >= 15 is 0 Å². The monoisotopic (exact) mass is 598 g/mol. The smallest absolute Gasteiger partial charge is 0.145 e. The summed E-state index contributed by atoms with van der Waals surface area (Å²) in [6, 6.07) is 57.0. The highest BCUT2D eigenvalue weighted by Crippen LogP contribution is 2.43. The van der Waals surface area contributed by atoms with Crippen molar-refractivity contribution in [2.45, 2.75) is 0 Å². The first-order valence-corrected chi connectivity index (χ1v) is 16.1. The van der Waals surface area contributed by atoms with Crippen molar-refractivity contribution in [3.63, 3.8) is 0 Å². The van der Waals surface area contributed by atoms with Gasteiger partial charge in [0.2, 0.25) is 0 Å². The molecule has 0 aliphatic rings. The van der Waals surface area contributed by atoms with E-state index in [0.717, 1.165) is 38.5 Å². The summed E-state index contributed by atoms with van der Waals surface area (Å²) in [4.78, 5) is 0. The van der Waals surface area contributed by atoms with Crippen LogP contribution in [0.4, 0.5) is 0 Å². The first kappa shape index (κ1) is 24.9. The lowest BCUT2D eigenvalue weighted by Crippen LogP contribution is -1.96. The van der Waals surface area contributed by atoms with Gasteiger partial charge in [-0.05, 0) is 70.8 Å². The summed E-state index contributed by atoms with van der Waals surface area (Å²) < 4.78 is 11.6. The molecule has 3 nitrogen and oxygen atoms in total. The molecule has 11 aromatic rings. The highest BCUT2D eigenvalue weighted by molar-refractivity contribution is 6.25. The minimum Gasteiger partial charge on any atom is -0.455 e. The van der Waals surface area contributed by atoms with Gasteiger partial charge in [-0.15, -0.1) is 0 Å². The standard InChI is InChI=1S/C44H26N2O/c1-2-12-29-27(11-1)25-41(31-14-4-3-13-30(29)31)46-39-20-10-7-17-35(39)43-40(46)23-22-34-36-26-28(21-24-42(36)47-44(34)43)45-37-18-8-5-15-32(37)33-16-6-9-19-38(33)45/h1-26H. The average molecular weight is 599 g/mol. The largest absolute Gasteiger partial charge is 0.455 e. The van der Waals surface area contributed by atoms with Crippen molar-refractivity contribution in [2.24, 2.45) is 0 Å². The number of aromatic nitrogens is 2. The lowest BCUT2D eigenvalue weighted by Gasteiger charge is -2.14. The van der Waals surface area contributed by atoms with Crippen LogP contribution in [0.5, 0.6) is 0 Å². The lowest BCUT2D eigenvalue weighted by molar-refractivity contribution is 0.673. The molecule has 3 heteroatoms. The van der Waals surface area contributed by atoms with E-state index in [1.807, 2.05) is 0 Å². The summed E-state index contributed by atoms with van der Waals surface area (Å²) in [5.74, 6) is 0. The van der Waals surface area contributed by atoms with E-state index in [9.17, 15) is 0 Å². The molecular weight excluding hydrogens is 572 g/mol. The lowest BCUT2D eigenvalue weighted by atomic mass is 10.00. The van der Waals surface area contributed by atoms with Gasteiger partial charge in [0.25, 0.3) is 0 Å². The Hall–Kier alpha value is -6.32. The van der Waals surface area contributed by atoms with E-state index in [2.05, 4.69) is 167 Å². The van der Waals surface area contributed by atoms with Crippen molar-refractivity contribution in [2.75, 3.05) is 0 Å². The van der Waals surface area contributed by atoms with Crippen LogP contribution in [0.1, 0.15) is 0 Å². The number of furan rings is 1. The maximum Gasteiger partial charge on any atom is 0.145 e. The van der Waals surface area contributed by atoms with Crippen molar-refractivity contribution >= 4 is 87.1 Å². The number of para-hydroxylation sites is 3. The first-order chi connectivity index (χ1) is 23.3. The molecule has 0 radical (unpaired) electrons. The Bertz CT molecular complexity index is 3030. The molecule has 0 N–H and O–H groups in total. The van der Waals surface area contributed by atoms with Crippen molar-refractivity contribution in [1.29, 1.82) is 0 Å². The van der Waals surface area contributed by atoms with Crippen molar-refractivity contribution in [3.8, 4) is 11.4 Å². The van der Waals surface area contributed by atoms with Crippen LogP contribution < -0.4 is 0 Å². The normalized spacial score (nSPS) is 12.3. The van der Waals surface area contributed by atoms with Crippen LogP contribution in [0.15, 0.2) is 162 Å². The third-order valence-electron chi connectivity index (χ3n) is 10.1. The minimum absolute atomic E-state index is 0.894. The number of benzene rings is 8. The highest BCUT2D eigenvalue weighted by atomic mass is 16.3. The molecule has 0 spiro atoms. The van der Waals surface area contributed by atoms with Gasteiger partial charge < -0.3 is 13.6 Å². The highest BCUT2D eigenvalue weighted by Gasteiger charge is 2.21. The zero-order valence-corrected chi connectivity index (χ0v) is 25.3. The Morgan fingerprint density at radius 3 is 1.70 bits per heavy atom. The second-order valence-electron chi connectivity index (χ2n) is 12.5. The van der Waals surface area contributed by atoms with Crippen molar-refractivity contribution in [3.05, 3.63) is 158 Å². The molecule has 0 bridgehead atoms. The molecule has 0 amide bonds. The van der Waals surface area contributed by atoms with Crippen molar-refractivity contribution < 1.29 is 4.42 Å². The van der Waals surface area contributed by atoms with Gasteiger partial charge in [-0.2, -0.15) is 0 Å². The fourth-order valence-corrected chi connectivity index (χ4v) is 8.09. The van der Waals surface area contributed by atoms with E-state index in [4.69, 9.17) is 4.42 Å². The molecule has 0 saturated heterocycles. The summed E-state index contributed by atoms with van der Waals surface area (Å²) in [5.41, 5.74) is 8.84. The second kappa shape index (κ2) is 9.12. The zero-order chi connectivity index (χ0) is 30.6. The van der Waals surface area contributed by atoms with Crippen LogP contribution in [0, 0.1) is 0 Å². The average Bonchev–Trinajstić information content (AvgIpc) is 3.78. The minimum atomic E-state index is 0.894. The van der Waals surface area contributed by atoms with Gasteiger partial charge in [0.1, 0.15) is 11.2 Å². The summed E-state index contributed by atoms with van der Waals surface area (Å²) in [6.45, 7) is 0. The quantitative estimate of drug-likeness (QED) is 0.182. The molecule has 0 atom stereocenters.